The standard InChI is InChI=1S/C27H36O4/c1-16(28)20-8-9-21-19-15-24(29)23-14-18(31-25(30)17-6-4-5-7-17)10-12-27(23,3)22(19)11-13-26(20,21)2/h8,14,17-19,21-22H,4-7,9-13,15H2,1-3H3/t18-,19-,21-,22-,26+,27+/m0/s1. The van der Waals surface area contributed by atoms with Gasteiger partial charge in [-0.05, 0) is 92.1 Å². The fraction of sp³-hybridized carbons (Fsp3) is 0.741. The molecule has 0 aromatic rings. The van der Waals surface area contributed by atoms with Crippen molar-refractivity contribution in [2.24, 2.45) is 34.5 Å². The quantitative estimate of drug-likeness (QED) is 0.573. The zero-order valence-electron chi connectivity index (χ0n) is 19.2. The largest absolute Gasteiger partial charge is 0.458 e. The topological polar surface area (TPSA) is 60.4 Å². The van der Waals surface area contributed by atoms with Gasteiger partial charge in [-0.2, -0.15) is 0 Å². The Morgan fingerprint density at radius 2 is 1.71 bits per heavy atom. The first-order chi connectivity index (χ1) is 14.7. The third-order valence-electron chi connectivity index (χ3n) is 9.81. The Morgan fingerprint density at radius 3 is 2.42 bits per heavy atom. The molecular formula is C27H36O4. The van der Waals surface area contributed by atoms with Crippen LogP contribution in [0.1, 0.15) is 85.0 Å². The van der Waals surface area contributed by atoms with Crippen LogP contribution in [-0.4, -0.2) is 23.6 Å². The van der Waals surface area contributed by atoms with E-state index in [2.05, 4.69) is 19.9 Å². The van der Waals surface area contributed by atoms with E-state index in [4.69, 9.17) is 4.74 Å². The average Bonchev–Trinajstić information content (AvgIpc) is 3.36. The van der Waals surface area contributed by atoms with Crippen molar-refractivity contribution in [3.8, 4) is 0 Å². The fourth-order valence-corrected chi connectivity index (χ4v) is 8.13. The summed E-state index contributed by atoms with van der Waals surface area (Å²) >= 11 is 0. The molecule has 0 aromatic heterocycles. The second-order valence-corrected chi connectivity index (χ2v) is 11.4. The summed E-state index contributed by atoms with van der Waals surface area (Å²) in [4.78, 5) is 38.2. The van der Waals surface area contributed by atoms with Crippen molar-refractivity contribution in [2.45, 2.75) is 91.1 Å². The van der Waals surface area contributed by atoms with Crippen LogP contribution in [0.25, 0.3) is 0 Å². The van der Waals surface area contributed by atoms with E-state index in [9.17, 15) is 14.4 Å². The molecule has 31 heavy (non-hydrogen) atoms. The van der Waals surface area contributed by atoms with E-state index in [0.29, 0.717) is 24.2 Å². The lowest BCUT2D eigenvalue weighted by Crippen LogP contribution is -2.53. The Morgan fingerprint density at radius 1 is 1.00 bits per heavy atom. The summed E-state index contributed by atoms with van der Waals surface area (Å²) in [5.74, 6) is 1.64. The van der Waals surface area contributed by atoms with Gasteiger partial charge in [0, 0.05) is 12.0 Å². The third-order valence-corrected chi connectivity index (χ3v) is 9.81. The molecular weight excluding hydrogens is 388 g/mol. The Kier molecular flexibility index (Phi) is 5.06. The Labute approximate surface area is 185 Å². The van der Waals surface area contributed by atoms with Gasteiger partial charge in [0.05, 0.1) is 5.92 Å². The van der Waals surface area contributed by atoms with Crippen LogP contribution in [0.15, 0.2) is 23.3 Å². The first kappa shape index (κ1) is 21.2. The number of allylic oxidation sites excluding steroid dienone is 3. The van der Waals surface area contributed by atoms with E-state index in [1.54, 1.807) is 6.92 Å². The van der Waals surface area contributed by atoms with Crippen LogP contribution < -0.4 is 0 Å². The molecule has 5 rings (SSSR count). The smallest absolute Gasteiger partial charge is 0.309 e. The summed E-state index contributed by atoms with van der Waals surface area (Å²) in [6.45, 7) is 6.22. The van der Waals surface area contributed by atoms with Gasteiger partial charge in [0.2, 0.25) is 0 Å². The van der Waals surface area contributed by atoms with Gasteiger partial charge in [-0.1, -0.05) is 32.8 Å². The summed E-state index contributed by atoms with van der Waals surface area (Å²) in [6.07, 6.45) is 13.4. The maximum atomic E-state index is 13.4. The number of ether oxygens (including phenoxy) is 1. The molecule has 6 atom stereocenters. The molecule has 0 aliphatic heterocycles. The van der Waals surface area contributed by atoms with Gasteiger partial charge >= 0.3 is 5.97 Å². The number of hydrogen-bond acceptors (Lipinski definition) is 4. The number of hydrogen-bond donors (Lipinski definition) is 0. The van der Waals surface area contributed by atoms with Crippen LogP contribution >= 0.6 is 0 Å². The number of carbonyl (C=O) groups is 3. The molecule has 5 aliphatic rings. The van der Waals surface area contributed by atoms with Crippen LogP contribution in [0.2, 0.25) is 0 Å². The lowest BCUT2D eigenvalue weighted by molar-refractivity contribution is -0.153. The van der Waals surface area contributed by atoms with Crippen molar-refractivity contribution >= 4 is 17.5 Å². The summed E-state index contributed by atoms with van der Waals surface area (Å²) in [5.41, 5.74) is 1.72. The SMILES string of the molecule is CC(=O)C1=CC[C@H]2[C@@H]3CC(=O)C4=C[C@@H](OC(=O)C5CCCC5)CC[C@]4(C)[C@H]3CC[C@]12C. The fourth-order valence-electron chi connectivity index (χ4n) is 8.13. The summed E-state index contributed by atoms with van der Waals surface area (Å²) in [6, 6.07) is 0. The molecule has 0 heterocycles. The van der Waals surface area contributed by atoms with Crippen molar-refractivity contribution in [2.75, 3.05) is 0 Å². The number of Topliss-reactive ketones (excluding diaryl/α,β-unsaturated/α-hetero) is 2. The van der Waals surface area contributed by atoms with Gasteiger partial charge in [-0.3, -0.25) is 14.4 Å². The summed E-state index contributed by atoms with van der Waals surface area (Å²) < 4.78 is 5.87. The minimum atomic E-state index is -0.247. The zero-order valence-corrected chi connectivity index (χ0v) is 19.2. The van der Waals surface area contributed by atoms with Gasteiger partial charge in [0.25, 0.3) is 0 Å². The lowest BCUT2D eigenvalue weighted by Gasteiger charge is -2.57. The van der Waals surface area contributed by atoms with Gasteiger partial charge in [0.1, 0.15) is 6.10 Å². The molecule has 0 spiro atoms. The first-order valence-corrected chi connectivity index (χ1v) is 12.4. The molecule has 0 unspecified atom stereocenters. The van der Waals surface area contributed by atoms with E-state index in [0.717, 1.165) is 68.9 Å². The van der Waals surface area contributed by atoms with Crippen molar-refractivity contribution in [3.63, 3.8) is 0 Å². The van der Waals surface area contributed by atoms with Crippen LogP contribution in [0.4, 0.5) is 0 Å². The van der Waals surface area contributed by atoms with E-state index in [1.165, 1.54) is 0 Å². The van der Waals surface area contributed by atoms with Crippen molar-refractivity contribution < 1.29 is 19.1 Å². The predicted molar refractivity (Wildman–Crippen MR) is 118 cm³/mol. The van der Waals surface area contributed by atoms with E-state index in [1.807, 2.05) is 6.08 Å². The van der Waals surface area contributed by atoms with Gasteiger partial charge in [-0.15, -0.1) is 0 Å². The lowest BCUT2D eigenvalue weighted by atomic mass is 9.46. The van der Waals surface area contributed by atoms with Crippen LogP contribution in [0.3, 0.4) is 0 Å². The number of esters is 1. The molecule has 0 radical (unpaired) electrons. The average molecular weight is 425 g/mol. The maximum Gasteiger partial charge on any atom is 0.309 e. The number of rotatable bonds is 3. The Hall–Kier alpha value is -1.71. The molecule has 0 amide bonds. The van der Waals surface area contributed by atoms with Gasteiger partial charge < -0.3 is 4.74 Å². The molecule has 168 valence electrons. The molecule has 0 aromatic carbocycles. The molecule has 3 fully saturated rings. The maximum absolute atomic E-state index is 13.4. The summed E-state index contributed by atoms with van der Waals surface area (Å²) in [5, 5.41) is 0. The normalized spacial score (nSPS) is 42.2. The van der Waals surface area contributed by atoms with Gasteiger partial charge in [0.15, 0.2) is 11.6 Å². The molecule has 0 saturated heterocycles. The van der Waals surface area contributed by atoms with Crippen molar-refractivity contribution in [3.05, 3.63) is 23.3 Å². The highest BCUT2D eigenvalue weighted by atomic mass is 16.5. The molecule has 4 heteroatoms. The van der Waals surface area contributed by atoms with E-state index < -0.39 is 0 Å². The minimum Gasteiger partial charge on any atom is -0.458 e. The minimum absolute atomic E-state index is 0.0551. The Balaban J connectivity index is 1.37. The second kappa shape index (κ2) is 7.42. The molecule has 3 saturated carbocycles. The Bertz CT molecular complexity index is 876. The highest BCUT2D eigenvalue weighted by Gasteiger charge is 2.59. The summed E-state index contributed by atoms with van der Waals surface area (Å²) in [7, 11) is 0. The first-order valence-electron chi connectivity index (χ1n) is 12.4. The third kappa shape index (κ3) is 3.19. The number of ketones is 2. The molecule has 0 N–H and O–H groups in total. The molecule has 5 aliphatic carbocycles. The molecule has 0 bridgehead atoms. The highest BCUT2D eigenvalue weighted by Crippen LogP contribution is 2.65. The number of fused-ring (bicyclic) bond motifs is 5. The van der Waals surface area contributed by atoms with Crippen LogP contribution in [0, 0.1) is 34.5 Å². The molecule has 4 nitrogen and oxygen atoms in total. The van der Waals surface area contributed by atoms with Crippen LogP contribution in [0.5, 0.6) is 0 Å². The highest BCUT2D eigenvalue weighted by molar-refractivity contribution is 5.98. The zero-order chi connectivity index (χ0) is 22.0. The van der Waals surface area contributed by atoms with E-state index >= 15 is 0 Å². The van der Waals surface area contributed by atoms with Crippen molar-refractivity contribution in [1.82, 2.24) is 0 Å². The monoisotopic (exact) mass is 424 g/mol. The van der Waals surface area contributed by atoms with Crippen molar-refractivity contribution in [1.29, 1.82) is 0 Å². The predicted octanol–water partition coefficient (Wildman–Crippen LogP) is 5.36. The van der Waals surface area contributed by atoms with Gasteiger partial charge in [-0.25, -0.2) is 0 Å². The van der Waals surface area contributed by atoms with E-state index in [-0.39, 0.29) is 40.4 Å². The second-order valence-electron chi connectivity index (χ2n) is 11.4. The van der Waals surface area contributed by atoms with Crippen LogP contribution in [-0.2, 0) is 19.1 Å². The number of carbonyl (C=O) groups excluding carboxylic acids is 3.